The van der Waals surface area contributed by atoms with Crippen molar-refractivity contribution in [2.24, 2.45) is 0 Å². The lowest BCUT2D eigenvalue weighted by Gasteiger charge is -2.07. The van der Waals surface area contributed by atoms with Crippen LogP contribution >= 0.6 is 34.7 Å². The zero-order chi connectivity index (χ0) is 20.1. The molecule has 5 nitrogen and oxygen atoms in total. The molecule has 0 bridgehead atoms. The van der Waals surface area contributed by atoms with Crippen molar-refractivity contribution in [3.8, 4) is 0 Å². The largest absolute Gasteiger partial charge is 0.316 e. The molecule has 0 atom stereocenters. The van der Waals surface area contributed by atoms with Crippen LogP contribution in [0.1, 0.15) is 10.4 Å². The van der Waals surface area contributed by atoms with E-state index in [1.54, 1.807) is 59.5 Å². The summed E-state index contributed by atoms with van der Waals surface area (Å²) in [5.41, 5.74) is 0.0906. The smallest absolute Gasteiger partial charge is 0.272 e. The minimum Gasteiger partial charge on any atom is -0.316 e. The number of rotatable bonds is 6. The van der Waals surface area contributed by atoms with Crippen molar-refractivity contribution < 1.29 is 0 Å². The number of hydrogen-bond acceptors (Lipinski definition) is 5. The van der Waals surface area contributed by atoms with E-state index in [4.69, 9.17) is 11.6 Å². The van der Waals surface area contributed by atoms with E-state index < -0.39 is 0 Å². The van der Waals surface area contributed by atoms with E-state index in [2.05, 4.69) is 14.9 Å². The number of nitrogens with zero attached hydrogens (tertiary/aromatic N) is 1. The molecule has 0 saturated heterocycles. The van der Waals surface area contributed by atoms with E-state index >= 15 is 0 Å². The van der Waals surface area contributed by atoms with Crippen LogP contribution in [-0.4, -0.2) is 41.3 Å². The van der Waals surface area contributed by atoms with E-state index in [1.165, 1.54) is 4.21 Å². The molecule has 1 aromatic carbocycles. The lowest BCUT2D eigenvalue weighted by atomic mass is 10.2. The first-order valence-electron chi connectivity index (χ1n) is 8.60. The molecule has 2 N–H and O–H groups in total. The molecule has 2 aromatic heterocycles. The Morgan fingerprint density at radius 1 is 1.00 bits per heavy atom. The molecule has 0 saturated carbocycles. The Morgan fingerprint density at radius 2 is 1.64 bits per heavy atom. The lowest BCUT2D eigenvalue weighted by Crippen LogP contribution is -2.46. The van der Waals surface area contributed by atoms with Gasteiger partial charge in [-0.2, -0.15) is 0 Å². The Bertz CT molecular complexity index is 1180. The summed E-state index contributed by atoms with van der Waals surface area (Å²) in [5.74, 6) is 1.000. The van der Waals surface area contributed by atoms with Crippen LogP contribution in [0.15, 0.2) is 50.2 Å². The van der Waals surface area contributed by atoms with Gasteiger partial charge in [0.15, 0.2) is 0 Å². The van der Waals surface area contributed by atoms with E-state index in [1.807, 2.05) is 26.2 Å². The highest BCUT2D eigenvalue weighted by Gasteiger charge is 2.02. The minimum absolute atomic E-state index is 0.204. The van der Waals surface area contributed by atoms with Gasteiger partial charge in [-0.3, -0.25) is 9.59 Å². The van der Waals surface area contributed by atoms with Crippen LogP contribution in [0.2, 0.25) is 5.02 Å². The number of thioether (sulfide) groups is 1. The number of aromatic amines is 2. The second kappa shape index (κ2) is 9.43. The van der Waals surface area contributed by atoms with Gasteiger partial charge in [-0.25, -0.2) is 0 Å². The fourth-order valence-electron chi connectivity index (χ4n) is 2.38. The van der Waals surface area contributed by atoms with E-state index in [0.717, 1.165) is 22.7 Å². The molecule has 0 fully saturated rings. The molecule has 2 heterocycles. The topological polar surface area (TPSA) is 69.0 Å². The van der Waals surface area contributed by atoms with Gasteiger partial charge in [0.05, 0.1) is 4.21 Å². The number of benzene rings is 1. The number of hydrogen-bond donors (Lipinski definition) is 2. The van der Waals surface area contributed by atoms with Gasteiger partial charge < -0.3 is 14.9 Å². The molecule has 0 unspecified atom stereocenters. The first-order valence-corrected chi connectivity index (χ1v) is 10.8. The fourth-order valence-corrected chi connectivity index (χ4v) is 4.79. The first-order chi connectivity index (χ1) is 13.4. The van der Waals surface area contributed by atoms with Gasteiger partial charge in [-0.05, 0) is 56.1 Å². The van der Waals surface area contributed by atoms with Crippen molar-refractivity contribution in [2.75, 3.05) is 26.4 Å². The standard InChI is InChI=1S/C20H20ClN3O2S2/c1-24(2)9-10-27-18-8-7-15(28-18)12-17-20(26)22-16(19(25)23-17)11-13-3-5-14(21)6-4-13/h3-8,11-12H,9-10H2,1-2H3,(H,22,26)(H,23,25). The predicted molar refractivity (Wildman–Crippen MR) is 119 cm³/mol. The summed E-state index contributed by atoms with van der Waals surface area (Å²) in [4.78, 5) is 33.1. The van der Waals surface area contributed by atoms with Crippen LogP contribution in [-0.2, 0) is 0 Å². The average molecular weight is 434 g/mol. The molecule has 0 aliphatic carbocycles. The Morgan fingerprint density at radius 3 is 2.29 bits per heavy atom. The Hall–Kier alpha value is -2.06. The van der Waals surface area contributed by atoms with Gasteiger partial charge in [-0.1, -0.05) is 23.7 Å². The third-order valence-corrected chi connectivity index (χ3v) is 6.33. The van der Waals surface area contributed by atoms with Crippen LogP contribution < -0.4 is 21.8 Å². The van der Waals surface area contributed by atoms with Gasteiger partial charge in [0.1, 0.15) is 10.7 Å². The van der Waals surface area contributed by atoms with E-state index in [0.29, 0.717) is 5.02 Å². The van der Waals surface area contributed by atoms with Crippen molar-refractivity contribution in [1.82, 2.24) is 14.9 Å². The summed E-state index contributed by atoms with van der Waals surface area (Å²) in [5, 5.41) is 1.06. The van der Waals surface area contributed by atoms with Crippen molar-refractivity contribution in [2.45, 2.75) is 4.21 Å². The maximum atomic E-state index is 12.4. The predicted octanol–water partition coefficient (Wildman–Crippen LogP) is 2.09. The highest BCUT2D eigenvalue weighted by molar-refractivity contribution is 8.01. The summed E-state index contributed by atoms with van der Waals surface area (Å²) < 4.78 is 1.18. The SMILES string of the molecule is CN(C)CCSc1ccc(C=c2[nH]c(=O)c(=Cc3ccc(Cl)cc3)[nH]c2=O)s1. The summed E-state index contributed by atoms with van der Waals surface area (Å²) in [6.45, 7) is 1.00. The molecule has 3 aromatic rings. The number of H-pyrrole nitrogens is 2. The minimum atomic E-state index is -0.349. The molecule has 0 spiro atoms. The van der Waals surface area contributed by atoms with Crippen LogP contribution in [0.5, 0.6) is 0 Å². The highest BCUT2D eigenvalue weighted by Crippen LogP contribution is 2.27. The van der Waals surface area contributed by atoms with Crippen LogP contribution in [0.3, 0.4) is 0 Å². The lowest BCUT2D eigenvalue weighted by molar-refractivity contribution is 0.437. The number of halogens is 1. The van der Waals surface area contributed by atoms with Crippen molar-refractivity contribution in [3.05, 3.63) is 83.3 Å². The molecule has 146 valence electrons. The van der Waals surface area contributed by atoms with E-state index in [-0.39, 0.29) is 21.8 Å². The van der Waals surface area contributed by atoms with E-state index in [9.17, 15) is 9.59 Å². The van der Waals surface area contributed by atoms with Crippen molar-refractivity contribution in [1.29, 1.82) is 0 Å². The summed E-state index contributed by atoms with van der Waals surface area (Å²) >= 11 is 9.24. The third-order valence-electron chi connectivity index (χ3n) is 3.84. The molecular formula is C20H20ClN3O2S2. The maximum Gasteiger partial charge on any atom is 0.272 e. The number of nitrogens with one attached hydrogen (secondary N) is 2. The van der Waals surface area contributed by atoms with Crippen molar-refractivity contribution >= 4 is 46.9 Å². The normalized spacial score (nSPS) is 12.9. The van der Waals surface area contributed by atoms with Crippen LogP contribution in [0, 0.1) is 0 Å². The zero-order valence-electron chi connectivity index (χ0n) is 15.5. The van der Waals surface area contributed by atoms with Crippen molar-refractivity contribution in [3.63, 3.8) is 0 Å². The monoisotopic (exact) mass is 433 g/mol. The fraction of sp³-hybridized carbons (Fsp3) is 0.200. The Labute approximate surface area is 175 Å². The third kappa shape index (κ3) is 5.72. The van der Waals surface area contributed by atoms with Gasteiger partial charge in [0, 0.05) is 22.2 Å². The van der Waals surface area contributed by atoms with Gasteiger partial charge in [0.2, 0.25) is 0 Å². The molecule has 28 heavy (non-hydrogen) atoms. The maximum absolute atomic E-state index is 12.4. The molecule has 0 amide bonds. The zero-order valence-corrected chi connectivity index (χ0v) is 17.9. The first kappa shape index (κ1) is 20.7. The highest BCUT2D eigenvalue weighted by atomic mass is 35.5. The molecule has 0 aliphatic heterocycles. The van der Waals surface area contributed by atoms with Crippen LogP contribution in [0.25, 0.3) is 12.2 Å². The summed E-state index contributed by atoms with van der Waals surface area (Å²) in [7, 11) is 4.09. The van der Waals surface area contributed by atoms with Gasteiger partial charge in [-0.15, -0.1) is 23.1 Å². The van der Waals surface area contributed by atoms with Crippen LogP contribution in [0.4, 0.5) is 0 Å². The number of aromatic nitrogens is 2. The summed E-state index contributed by atoms with van der Waals surface area (Å²) in [6, 6.07) is 11.0. The quantitative estimate of drug-likeness (QED) is 0.584. The Kier molecular flexibility index (Phi) is 6.96. The molecule has 8 heteroatoms. The Balaban J connectivity index is 1.87. The molecule has 3 rings (SSSR count). The summed E-state index contributed by atoms with van der Waals surface area (Å²) in [6.07, 6.45) is 3.32. The van der Waals surface area contributed by atoms with Gasteiger partial charge in [0.25, 0.3) is 11.1 Å². The second-order valence-corrected chi connectivity index (χ2v) is 9.33. The molecule has 0 radical (unpaired) electrons. The molecular weight excluding hydrogens is 414 g/mol. The molecule has 0 aliphatic rings. The number of thiophene rings is 1. The second-order valence-electron chi connectivity index (χ2n) is 6.38. The average Bonchev–Trinajstić information content (AvgIpc) is 3.08. The van der Waals surface area contributed by atoms with Gasteiger partial charge >= 0.3 is 0 Å².